The fourth-order valence-corrected chi connectivity index (χ4v) is 5.42. The molecule has 6 nitrogen and oxygen atoms in total. The number of ether oxygens (including phenoxy) is 1. The Morgan fingerprint density at radius 2 is 1.87 bits per heavy atom. The molecule has 2 heterocycles. The van der Waals surface area contributed by atoms with Gasteiger partial charge in [0.25, 0.3) is 0 Å². The van der Waals surface area contributed by atoms with Crippen molar-refractivity contribution in [3.8, 4) is 5.75 Å². The van der Waals surface area contributed by atoms with E-state index in [9.17, 15) is 4.79 Å². The molecule has 8 heteroatoms. The Kier molecular flexibility index (Phi) is 6.86. The van der Waals surface area contributed by atoms with Crippen molar-refractivity contribution in [3.63, 3.8) is 0 Å². The molecule has 2 aromatic carbocycles. The summed E-state index contributed by atoms with van der Waals surface area (Å²) in [5.41, 5.74) is 1.59. The molecular weight excluding hydrogens is 416 g/mol. The first-order valence-corrected chi connectivity index (χ1v) is 11.8. The zero-order valence-corrected chi connectivity index (χ0v) is 18.4. The average Bonchev–Trinajstić information content (AvgIpc) is 3.46. The van der Waals surface area contributed by atoms with Crippen LogP contribution in [-0.2, 0) is 4.79 Å². The minimum Gasteiger partial charge on any atom is -0.492 e. The van der Waals surface area contributed by atoms with Gasteiger partial charge in [0.2, 0.25) is 11.0 Å². The first kappa shape index (κ1) is 20.7. The minimum absolute atomic E-state index is 0.115. The highest BCUT2D eigenvalue weighted by Crippen LogP contribution is 2.40. The SMILES string of the molecule is CCOc1ccccc1NC(=O)C(Sc1nnc(N2CCCC2)s1)c1ccccc1. The van der Waals surface area contributed by atoms with Gasteiger partial charge in [-0.15, -0.1) is 10.2 Å². The molecule has 0 radical (unpaired) electrons. The van der Waals surface area contributed by atoms with Crippen molar-refractivity contribution in [2.45, 2.75) is 29.4 Å². The summed E-state index contributed by atoms with van der Waals surface area (Å²) in [5.74, 6) is 0.550. The first-order valence-electron chi connectivity index (χ1n) is 10.1. The van der Waals surface area contributed by atoms with Crippen molar-refractivity contribution in [2.24, 2.45) is 0 Å². The lowest BCUT2D eigenvalue weighted by atomic mass is 10.1. The zero-order chi connectivity index (χ0) is 20.8. The Bertz CT molecular complexity index is 974. The van der Waals surface area contributed by atoms with E-state index in [-0.39, 0.29) is 5.91 Å². The van der Waals surface area contributed by atoms with Gasteiger partial charge in [0.05, 0.1) is 12.3 Å². The summed E-state index contributed by atoms with van der Waals surface area (Å²) >= 11 is 2.98. The van der Waals surface area contributed by atoms with Crippen LogP contribution in [0.2, 0.25) is 0 Å². The molecular formula is C22H24N4O2S2. The number of benzene rings is 2. The predicted molar refractivity (Wildman–Crippen MR) is 123 cm³/mol. The van der Waals surface area contributed by atoms with Gasteiger partial charge < -0.3 is 15.0 Å². The second kappa shape index (κ2) is 9.95. The monoisotopic (exact) mass is 440 g/mol. The summed E-state index contributed by atoms with van der Waals surface area (Å²) in [6, 6.07) is 17.3. The largest absolute Gasteiger partial charge is 0.492 e. The number of carbonyl (C=O) groups is 1. The number of nitrogens with zero attached hydrogens (tertiary/aromatic N) is 3. The number of thioether (sulfide) groups is 1. The van der Waals surface area contributed by atoms with Crippen LogP contribution in [0.1, 0.15) is 30.6 Å². The summed E-state index contributed by atoms with van der Waals surface area (Å²) in [7, 11) is 0. The lowest BCUT2D eigenvalue weighted by Crippen LogP contribution is -2.19. The number of hydrogen-bond acceptors (Lipinski definition) is 7. The van der Waals surface area contributed by atoms with Gasteiger partial charge >= 0.3 is 0 Å². The summed E-state index contributed by atoms with van der Waals surface area (Å²) in [5, 5.41) is 12.2. The highest BCUT2D eigenvalue weighted by molar-refractivity contribution is 8.02. The molecule has 4 rings (SSSR count). The van der Waals surface area contributed by atoms with E-state index in [0.29, 0.717) is 18.0 Å². The van der Waals surface area contributed by atoms with Crippen LogP contribution in [0.5, 0.6) is 5.75 Å². The molecule has 1 atom stereocenters. The molecule has 1 amide bonds. The van der Waals surface area contributed by atoms with Crippen LogP contribution in [0, 0.1) is 0 Å². The summed E-state index contributed by atoms with van der Waals surface area (Å²) < 4.78 is 6.45. The van der Waals surface area contributed by atoms with E-state index in [4.69, 9.17) is 4.74 Å². The summed E-state index contributed by atoms with van der Waals surface area (Å²) in [6.07, 6.45) is 2.38. The maximum absolute atomic E-state index is 13.3. The van der Waals surface area contributed by atoms with Crippen molar-refractivity contribution in [2.75, 3.05) is 29.9 Å². The van der Waals surface area contributed by atoms with Crippen molar-refractivity contribution in [1.82, 2.24) is 10.2 Å². The van der Waals surface area contributed by atoms with Gasteiger partial charge in [-0.25, -0.2) is 0 Å². The quantitative estimate of drug-likeness (QED) is 0.497. The van der Waals surface area contributed by atoms with Gasteiger partial charge in [0.15, 0.2) is 4.34 Å². The topological polar surface area (TPSA) is 67.3 Å². The molecule has 3 aromatic rings. The van der Waals surface area contributed by atoms with Crippen LogP contribution < -0.4 is 15.0 Å². The first-order chi connectivity index (χ1) is 14.7. The van der Waals surface area contributed by atoms with Crippen molar-refractivity contribution >= 4 is 39.8 Å². The van der Waals surface area contributed by atoms with Gasteiger partial charge in [0.1, 0.15) is 11.0 Å². The highest BCUT2D eigenvalue weighted by Gasteiger charge is 2.26. The molecule has 0 aliphatic carbocycles. The van der Waals surface area contributed by atoms with Crippen molar-refractivity contribution in [3.05, 3.63) is 60.2 Å². The summed E-state index contributed by atoms with van der Waals surface area (Å²) in [6.45, 7) is 4.51. The number of carbonyl (C=O) groups excluding carboxylic acids is 1. The second-order valence-corrected chi connectivity index (χ2v) is 9.18. The van der Waals surface area contributed by atoms with Crippen LogP contribution in [-0.4, -0.2) is 35.8 Å². The van der Waals surface area contributed by atoms with E-state index in [0.717, 1.165) is 28.1 Å². The Morgan fingerprint density at radius 1 is 1.13 bits per heavy atom. The normalized spacial score (nSPS) is 14.5. The van der Waals surface area contributed by atoms with Crippen LogP contribution in [0.15, 0.2) is 58.9 Å². The summed E-state index contributed by atoms with van der Waals surface area (Å²) in [4.78, 5) is 15.6. The molecule has 1 N–H and O–H groups in total. The smallest absolute Gasteiger partial charge is 0.242 e. The van der Waals surface area contributed by atoms with Gasteiger partial charge in [-0.05, 0) is 37.5 Å². The molecule has 1 aliphatic heterocycles. The van der Waals surface area contributed by atoms with Gasteiger partial charge in [0, 0.05) is 13.1 Å². The maximum Gasteiger partial charge on any atom is 0.242 e. The Labute approximate surface area is 184 Å². The van der Waals surface area contributed by atoms with Crippen LogP contribution in [0.4, 0.5) is 10.8 Å². The molecule has 1 unspecified atom stereocenters. The number of anilines is 2. The molecule has 156 valence electrons. The number of nitrogens with one attached hydrogen (secondary N) is 1. The second-order valence-electron chi connectivity index (χ2n) is 6.87. The molecule has 1 aliphatic rings. The van der Waals surface area contributed by atoms with Crippen molar-refractivity contribution in [1.29, 1.82) is 0 Å². The standard InChI is InChI=1S/C22H24N4O2S2/c1-2-28-18-13-7-6-12-17(18)23-20(27)19(16-10-4-3-5-11-16)29-22-25-24-21(30-22)26-14-8-9-15-26/h3-7,10-13,19H,2,8-9,14-15H2,1H3,(H,23,27). The Hall–Kier alpha value is -2.58. The number of aromatic nitrogens is 2. The minimum atomic E-state index is -0.444. The van der Waals surface area contributed by atoms with E-state index in [1.54, 1.807) is 11.3 Å². The van der Waals surface area contributed by atoms with E-state index in [1.807, 2.05) is 61.5 Å². The third-order valence-corrected chi connectivity index (χ3v) is 7.10. The Balaban J connectivity index is 1.55. The number of para-hydroxylation sites is 2. The van der Waals surface area contributed by atoms with Crippen molar-refractivity contribution < 1.29 is 9.53 Å². The zero-order valence-electron chi connectivity index (χ0n) is 16.8. The van der Waals surface area contributed by atoms with E-state index >= 15 is 0 Å². The lowest BCUT2D eigenvalue weighted by Gasteiger charge is -2.17. The molecule has 0 spiro atoms. The number of hydrogen-bond donors (Lipinski definition) is 1. The highest BCUT2D eigenvalue weighted by atomic mass is 32.2. The molecule has 0 saturated carbocycles. The third kappa shape index (κ3) is 4.94. The fourth-order valence-electron chi connectivity index (χ4n) is 3.34. The predicted octanol–water partition coefficient (Wildman–Crippen LogP) is 5.01. The van der Waals surface area contributed by atoms with Gasteiger partial charge in [-0.2, -0.15) is 0 Å². The van der Waals surface area contributed by atoms with E-state index in [2.05, 4.69) is 20.4 Å². The Morgan fingerprint density at radius 3 is 2.63 bits per heavy atom. The van der Waals surface area contributed by atoms with E-state index in [1.165, 1.54) is 24.6 Å². The fraction of sp³-hybridized carbons (Fsp3) is 0.318. The third-order valence-electron chi connectivity index (χ3n) is 4.78. The average molecular weight is 441 g/mol. The van der Waals surface area contributed by atoms with Gasteiger partial charge in [-0.1, -0.05) is 65.6 Å². The lowest BCUT2D eigenvalue weighted by molar-refractivity contribution is -0.115. The van der Waals surface area contributed by atoms with Crippen LogP contribution in [0.3, 0.4) is 0 Å². The molecule has 1 saturated heterocycles. The molecule has 1 fully saturated rings. The molecule has 30 heavy (non-hydrogen) atoms. The van der Waals surface area contributed by atoms with Gasteiger partial charge in [-0.3, -0.25) is 4.79 Å². The molecule has 0 bridgehead atoms. The maximum atomic E-state index is 13.3. The van der Waals surface area contributed by atoms with E-state index < -0.39 is 5.25 Å². The number of rotatable bonds is 8. The molecule has 1 aromatic heterocycles. The van der Waals surface area contributed by atoms with Crippen LogP contribution >= 0.6 is 23.1 Å². The number of amides is 1. The van der Waals surface area contributed by atoms with Crippen LogP contribution in [0.25, 0.3) is 0 Å².